The number of nitrogens with two attached hydrogens (primary N) is 1. The molecule has 0 atom stereocenters. The van der Waals surface area contributed by atoms with Gasteiger partial charge in [0.05, 0.1) is 18.6 Å². The number of nitrogen functional groups attached to an aromatic ring is 1. The molecule has 0 radical (unpaired) electrons. The third-order valence-corrected chi connectivity index (χ3v) is 4.41. The van der Waals surface area contributed by atoms with Crippen molar-refractivity contribution < 1.29 is 13.2 Å². The van der Waals surface area contributed by atoms with Crippen molar-refractivity contribution in [1.82, 2.24) is 9.55 Å². The molecule has 1 aromatic carbocycles. The summed E-state index contributed by atoms with van der Waals surface area (Å²) in [5.41, 5.74) is 6.84. The Morgan fingerprint density at radius 2 is 2.14 bits per heavy atom. The molecule has 1 aromatic heterocycles. The number of anilines is 2. The van der Waals surface area contributed by atoms with Gasteiger partial charge in [-0.05, 0) is 37.6 Å². The van der Waals surface area contributed by atoms with Crippen LogP contribution in [-0.2, 0) is 17.1 Å². The first kappa shape index (κ1) is 15.2. The van der Waals surface area contributed by atoms with Gasteiger partial charge in [-0.3, -0.25) is 4.72 Å². The SMILES string of the molecule is CCOc1ccc(NS(=O)(=O)c2c(N)ncn2C)c(C)c1. The number of nitrogens with zero attached hydrogens (tertiary/aromatic N) is 2. The normalized spacial score (nSPS) is 11.4. The fraction of sp³-hybridized carbons (Fsp3) is 0.308. The molecule has 0 aliphatic carbocycles. The molecule has 2 rings (SSSR count). The van der Waals surface area contributed by atoms with Gasteiger partial charge >= 0.3 is 0 Å². The number of sulfonamides is 1. The van der Waals surface area contributed by atoms with Crippen LogP contribution in [-0.4, -0.2) is 24.6 Å². The first-order chi connectivity index (χ1) is 9.85. The summed E-state index contributed by atoms with van der Waals surface area (Å²) in [5, 5.41) is -0.0595. The van der Waals surface area contributed by atoms with Gasteiger partial charge in [0, 0.05) is 7.05 Å². The van der Waals surface area contributed by atoms with E-state index in [1.165, 1.54) is 10.9 Å². The van der Waals surface area contributed by atoms with Crippen molar-refractivity contribution in [2.75, 3.05) is 17.1 Å². The average Bonchev–Trinajstić information content (AvgIpc) is 2.73. The van der Waals surface area contributed by atoms with E-state index < -0.39 is 10.0 Å². The fourth-order valence-corrected chi connectivity index (χ4v) is 3.33. The number of nitrogens with one attached hydrogen (secondary N) is 1. The number of hydrogen-bond acceptors (Lipinski definition) is 5. The molecule has 3 N–H and O–H groups in total. The number of imidazole rings is 1. The van der Waals surface area contributed by atoms with Gasteiger partial charge in [0.1, 0.15) is 5.75 Å². The maximum absolute atomic E-state index is 12.4. The van der Waals surface area contributed by atoms with E-state index >= 15 is 0 Å². The van der Waals surface area contributed by atoms with Crippen LogP contribution in [0.4, 0.5) is 11.5 Å². The van der Waals surface area contributed by atoms with Crippen LogP contribution < -0.4 is 15.2 Å². The molecule has 0 unspecified atom stereocenters. The van der Waals surface area contributed by atoms with Crippen molar-refractivity contribution in [3.8, 4) is 5.75 Å². The van der Waals surface area contributed by atoms with E-state index in [0.29, 0.717) is 18.0 Å². The maximum atomic E-state index is 12.4. The second-order valence-corrected chi connectivity index (χ2v) is 6.16. The molecule has 0 saturated carbocycles. The highest BCUT2D eigenvalue weighted by Crippen LogP contribution is 2.25. The molecule has 0 aliphatic rings. The van der Waals surface area contributed by atoms with Crippen LogP contribution in [0.25, 0.3) is 0 Å². The van der Waals surface area contributed by atoms with Crippen LogP contribution >= 0.6 is 0 Å². The van der Waals surface area contributed by atoms with Crippen molar-refractivity contribution in [3.05, 3.63) is 30.1 Å². The molecule has 0 amide bonds. The summed E-state index contributed by atoms with van der Waals surface area (Å²) in [5.74, 6) is 0.659. The van der Waals surface area contributed by atoms with E-state index in [0.717, 1.165) is 5.56 Å². The number of rotatable bonds is 5. The summed E-state index contributed by atoms with van der Waals surface area (Å²) in [6, 6.07) is 5.14. The monoisotopic (exact) mass is 310 g/mol. The van der Waals surface area contributed by atoms with Crippen molar-refractivity contribution in [2.45, 2.75) is 18.9 Å². The quantitative estimate of drug-likeness (QED) is 0.872. The van der Waals surface area contributed by atoms with E-state index in [9.17, 15) is 8.42 Å². The molecule has 0 saturated heterocycles. The molecule has 0 bridgehead atoms. The second-order valence-electron chi connectivity index (χ2n) is 4.56. The molecule has 0 aliphatic heterocycles. The zero-order valence-corrected chi connectivity index (χ0v) is 12.9. The average molecular weight is 310 g/mol. The van der Waals surface area contributed by atoms with Crippen molar-refractivity contribution in [2.24, 2.45) is 7.05 Å². The van der Waals surface area contributed by atoms with Crippen molar-refractivity contribution in [3.63, 3.8) is 0 Å². The highest BCUT2D eigenvalue weighted by molar-refractivity contribution is 7.92. The Kier molecular flexibility index (Phi) is 4.08. The Balaban J connectivity index is 2.33. The number of benzene rings is 1. The lowest BCUT2D eigenvalue weighted by molar-refractivity contribution is 0.340. The van der Waals surface area contributed by atoms with Crippen LogP contribution in [0.5, 0.6) is 5.75 Å². The zero-order chi connectivity index (χ0) is 15.6. The van der Waals surface area contributed by atoms with E-state index in [2.05, 4.69) is 9.71 Å². The van der Waals surface area contributed by atoms with Crippen LogP contribution in [0.2, 0.25) is 0 Å². The predicted molar refractivity (Wildman–Crippen MR) is 80.8 cm³/mol. The van der Waals surface area contributed by atoms with Gasteiger partial charge in [0.15, 0.2) is 10.8 Å². The van der Waals surface area contributed by atoms with E-state index in [1.807, 2.05) is 6.92 Å². The van der Waals surface area contributed by atoms with Gasteiger partial charge in [-0.15, -0.1) is 0 Å². The van der Waals surface area contributed by atoms with Gasteiger partial charge in [-0.25, -0.2) is 4.98 Å². The van der Waals surface area contributed by atoms with Gasteiger partial charge in [-0.2, -0.15) is 8.42 Å². The number of aryl methyl sites for hydroxylation is 2. The van der Waals surface area contributed by atoms with Crippen LogP contribution in [0.1, 0.15) is 12.5 Å². The lowest BCUT2D eigenvalue weighted by Gasteiger charge is -2.12. The smallest absolute Gasteiger partial charge is 0.281 e. The molecular formula is C13H18N4O3S. The lowest BCUT2D eigenvalue weighted by Crippen LogP contribution is -2.18. The minimum absolute atomic E-state index is 0.0337. The Morgan fingerprint density at radius 1 is 1.43 bits per heavy atom. The van der Waals surface area contributed by atoms with Gasteiger partial charge < -0.3 is 15.0 Å². The third kappa shape index (κ3) is 3.10. The van der Waals surface area contributed by atoms with Crippen molar-refractivity contribution in [1.29, 1.82) is 0 Å². The van der Waals surface area contributed by atoms with E-state index in [-0.39, 0.29) is 10.8 Å². The molecule has 0 spiro atoms. The third-order valence-electron chi connectivity index (χ3n) is 2.92. The minimum atomic E-state index is -3.79. The summed E-state index contributed by atoms with van der Waals surface area (Å²) < 4.78 is 34.0. The summed E-state index contributed by atoms with van der Waals surface area (Å²) in [4.78, 5) is 3.79. The molecule has 114 valence electrons. The molecule has 0 fully saturated rings. The number of hydrogen-bond donors (Lipinski definition) is 2. The minimum Gasteiger partial charge on any atom is -0.494 e. The topological polar surface area (TPSA) is 99.2 Å². The lowest BCUT2D eigenvalue weighted by atomic mass is 10.2. The Bertz CT molecular complexity index is 733. The summed E-state index contributed by atoms with van der Waals surface area (Å²) in [7, 11) is -2.22. The Morgan fingerprint density at radius 3 is 2.67 bits per heavy atom. The predicted octanol–water partition coefficient (Wildman–Crippen LogP) is 1.51. The van der Waals surface area contributed by atoms with Gasteiger partial charge in [-0.1, -0.05) is 0 Å². The Hall–Kier alpha value is -2.22. The summed E-state index contributed by atoms with van der Waals surface area (Å²) in [6.45, 7) is 4.24. The van der Waals surface area contributed by atoms with Gasteiger partial charge in [0.2, 0.25) is 0 Å². The molecule has 2 aromatic rings. The summed E-state index contributed by atoms with van der Waals surface area (Å²) in [6.07, 6.45) is 1.36. The van der Waals surface area contributed by atoms with Gasteiger partial charge in [0.25, 0.3) is 10.0 Å². The molecule has 8 heteroatoms. The van der Waals surface area contributed by atoms with Crippen molar-refractivity contribution >= 4 is 21.5 Å². The number of aromatic nitrogens is 2. The van der Waals surface area contributed by atoms with E-state index in [1.54, 1.807) is 32.2 Å². The molecule has 21 heavy (non-hydrogen) atoms. The fourth-order valence-electron chi connectivity index (χ4n) is 1.96. The van der Waals surface area contributed by atoms with E-state index in [4.69, 9.17) is 10.5 Å². The molecule has 1 heterocycles. The number of ether oxygens (including phenoxy) is 1. The highest BCUT2D eigenvalue weighted by Gasteiger charge is 2.23. The second kappa shape index (κ2) is 5.65. The zero-order valence-electron chi connectivity index (χ0n) is 12.1. The van der Waals surface area contributed by atoms with Crippen LogP contribution in [0.3, 0.4) is 0 Å². The van der Waals surface area contributed by atoms with Crippen LogP contribution in [0.15, 0.2) is 29.6 Å². The first-order valence-electron chi connectivity index (χ1n) is 6.38. The maximum Gasteiger partial charge on any atom is 0.281 e. The van der Waals surface area contributed by atoms with Crippen LogP contribution in [0, 0.1) is 6.92 Å². The standard InChI is InChI=1S/C13H18N4O3S/c1-4-20-10-5-6-11(9(2)7-10)16-21(18,19)13-12(14)15-8-17(13)3/h5-8,16H,4,14H2,1-3H3. The Labute approximate surface area is 123 Å². The highest BCUT2D eigenvalue weighted by atomic mass is 32.2. The first-order valence-corrected chi connectivity index (χ1v) is 7.86. The molecule has 7 nitrogen and oxygen atoms in total. The summed E-state index contributed by atoms with van der Waals surface area (Å²) >= 11 is 0. The largest absolute Gasteiger partial charge is 0.494 e. The molecular weight excluding hydrogens is 292 g/mol.